The number of rotatable bonds is 5. The SMILES string of the molecule is CC(C)(C)NC(=O)c1cccc(OC/C(=C/F)C2(N)CC2)c1. The number of ether oxygens (including phenoxy) is 1. The van der Waals surface area contributed by atoms with Gasteiger partial charge < -0.3 is 15.8 Å². The summed E-state index contributed by atoms with van der Waals surface area (Å²) in [6.45, 7) is 5.84. The summed E-state index contributed by atoms with van der Waals surface area (Å²) in [5.41, 5.74) is 6.07. The maximum atomic E-state index is 12.9. The molecule has 5 heteroatoms. The Labute approximate surface area is 130 Å². The third-order valence-electron chi connectivity index (χ3n) is 3.54. The van der Waals surface area contributed by atoms with Crippen LogP contribution in [0.3, 0.4) is 0 Å². The first kappa shape index (κ1) is 16.5. The zero-order valence-electron chi connectivity index (χ0n) is 13.3. The molecule has 0 radical (unpaired) electrons. The van der Waals surface area contributed by atoms with Crippen LogP contribution >= 0.6 is 0 Å². The molecule has 1 amide bonds. The van der Waals surface area contributed by atoms with Gasteiger partial charge in [-0.3, -0.25) is 4.79 Å². The van der Waals surface area contributed by atoms with Gasteiger partial charge in [-0.25, -0.2) is 4.39 Å². The van der Waals surface area contributed by atoms with Crippen LogP contribution in [0.5, 0.6) is 5.75 Å². The van der Waals surface area contributed by atoms with Crippen molar-refractivity contribution in [1.29, 1.82) is 0 Å². The van der Waals surface area contributed by atoms with Gasteiger partial charge in [0.1, 0.15) is 12.4 Å². The molecule has 0 aliphatic heterocycles. The number of hydrogen-bond donors (Lipinski definition) is 2. The number of carbonyl (C=O) groups excluding carboxylic acids is 1. The van der Waals surface area contributed by atoms with Crippen LogP contribution in [-0.4, -0.2) is 23.6 Å². The van der Waals surface area contributed by atoms with Crippen molar-refractivity contribution in [2.24, 2.45) is 5.73 Å². The summed E-state index contributed by atoms with van der Waals surface area (Å²) < 4.78 is 18.5. The van der Waals surface area contributed by atoms with Crippen molar-refractivity contribution in [2.75, 3.05) is 6.61 Å². The Morgan fingerprint density at radius 3 is 2.68 bits per heavy atom. The first-order valence-electron chi connectivity index (χ1n) is 7.37. The normalized spacial score (nSPS) is 17.0. The summed E-state index contributed by atoms with van der Waals surface area (Å²) >= 11 is 0. The van der Waals surface area contributed by atoms with E-state index in [2.05, 4.69) is 5.32 Å². The Bertz CT molecular complexity index is 587. The minimum absolute atomic E-state index is 0.0946. The number of amides is 1. The van der Waals surface area contributed by atoms with Crippen molar-refractivity contribution < 1.29 is 13.9 Å². The van der Waals surface area contributed by atoms with Gasteiger partial charge in [-0.05, 0) is 51.8 Å². The van der Waals surface area contributed by atoms with Crippen LogP contribution in [0.2, 0.25) is 0 Å². The second-order valence-corrected chi connectivity index (χ2v) is 6.81. The molecule has 1 aliphatic carbocycles. The number of carbonyl (C=O) groups is 1. The Morgan fingerprint density at radius 1 is 1.45 bits per heavy atom. The summed E-state index contributed by atoms with van der Waals surface area (Å²) in [6.07, 6.45) is 2.09. The molecular weight excluding hydrogens is 283 g/mol. The molecule has 2 rings (SSSR count). The van der Waals surface area contributed by atoms with Gasteiger partial charge in [0.25, 0.3) is 5.91 Å². The number of nitrogens with one attached hydrogen (secondary N) is 1. The predicted octanol–water partition coefficient (Wildman–Crippen LogP) is 2.94. The van der Waals surface area contributed by atoms with E-state index in [-0.39, 0.29) is 18.1 Å². The van der Waals surface area contributed by atoms with Gasteiger partial charge in [0.2, 0.25) is 0 Å². The molecule has 120 valence electrons. The standard InChI is InChI=1S/C17H23FN2O2/c1-16(2,3)20-15(21)12-5-4-6-14(9-12)22-11-13(10-18)17(19)7-8-17/h4-6,9-10H,7-8,11,19H2,1-3H3,(H,20,21)/b13-10-. The van der Waals surface area contributed by atoms with Crippen molar-refractivity contribution in [2.45, 2.75) is 44.7 Å². The molecule has 1 aromatic carbocycles. The van der Waals surface area contributed by atoms with Crippen LogP contribution in [0.15, 0.2) is 36.2 Å². The van der Waals surface area contributed by atoms with Crippen molar-refractivity contribution in [1.82, 2.24) is 5.32 Å². The van der Waals surface area contributed by atoms with E-state index in [4.69, 9.17) is 10.5 Å². The summed E-state index contributed by atoms with van der Waals surface area (Å²) in [4.78, 5) is 12.1. The topological polar surface area (TPSA) is 64.3 Å². The zero-order valence-corrected chi connectivity index (χ0v) is 13.3. The molecule has 0 heterocycles. The Kier molecular flexibility index (Phi) is 4.56. The van der Waals surface area contributed by atoms with Crippen LogP contribution in [0.25, 0.3) is 0 Å². The average Bonchev–Trinajstić information content (AvgIpc) is 3.16. The Morgan fingerprint density at radius 2 is 2.14 bits per heavy atom. The van der Waals surface area contributed by atoms with Gasteiger partial charge in [0.15, 0.2) is 0 Å². The van der Waals surface area contributed by atoms with Crippen molar-refractivity contribution in [3.63, 3.8) is 0 Å². The molecule has 1 saturated carbocycles. The summed E-state index contributed by atoms with van der Waals surface area (Å²) in [7, 11) is 0. The average molecular weight is 306 g/mol. The van der Waals surface area contributed by atoms with Crippen molar-refractivity contribution in [3.05, 3.63) is 41.7 Å². The first-order valence-corrected chi connectivity index (χ1v) is 7.37. The highest BCUT2D eigenvalue weighted by Gasteiger charge is 2.42. The van der Waals surface area contributed by atoms with Gasteiger partial charge in [-0.1, -0.05) is 6.07 Å². The third kappa shape index (κ3) is 4.31. The monoisotopic (exact) mass is 306 g/mol. The molecule has 0 aromatic heterocycles. The van der Waals surface area contributed by atoms with Crippen LogP contribution in [0.1, 0.15) is 44.0 Å². The van der Waals surface area contributed by atoms with Crippen LogP contribution in [0.4, 0.5) is 4.39 Å². The highest BCUT2D eigenvalue weighted by atomic mass is 19.1. The van der Waals surface area contributed by atoms with Gasteiger partial charge >= 0.3 is 0 Å². The first-order chi connectivity index (χ1) is 10.2. The fourth-order valence-electron chi connectivity index (χ4n) is 2.04. The van der Waals surface area contributed by atoms with Gasteiger partial charge in [-0.2, -0.15) is 0 Å². The minimum atomic E-state index is -0.546. The summed E-state index contributed by atoms with van der Waals surface area (Å²) in [5.74, 6) is 0.349. The van der Waals surface area contributed by atoms with Crippen LogP contribution < -0.4 is 15.8 Å². The quantitative estimate of drug-likeness (QED) is 0.879. The van der Waals surface area contributed by atoms with Gasteiger partial charge in [0, 0.05) is 22.2 Å². The lowest BCUT2D eigenvalue weighted by atomic mass is 10.1. The molecular formula is C17H23FN2O2. The number of nitrogens with two attached hydrogens (primary N) is 1. The Hall–Kier alpha value is -1.88. The highest BCUT2D eigenvalue weighted by molar-refractivity contribution is 5.95. The smallest absolute Gasteiger partial charge is 0.251 e. The van der Waals surface area contributed by atoms with E-state index in [1.807, 2.05) is 20.8 Å². The highest BCUT2D eigenvalue weighted by Crippen LogP contribution is 2.39. The molecule has 22 heavy (non-hydrogen) atoms. The van der Waals surface area contributed by atoms with E-state index >= 15 is 0 Å². The van der Waals surface area contributed by atoms with E-state index in [9.17, 15) is 9.18 Å². The van der Waals surface area contributed by atoms with Crippen molar-refractivity contribution >= 4 is 5.91 Å². The molecule has 0 unspecified atom stereocenters. The van der Waals surface area contributed by atoms with Crippen LogP contribution in [0, 0.1) is 0 Å². The molecule has 1 fully saturated rings. The molecule has 4 nitrogen and oxygen atoms in total. The Balaban J connectivity index is 2.01. The second-order valence-electron chi connectivity index (χ2n) is 6.81. The maximum Gasteiger partial charge on any atom is 0.251 e. The second kappa shape index (κ2) is 6.08. The van der Waals surface area contributed by atoms with Gasteiger partial charge in [0.05, 0.1) is 6.33 Å². The van der Waals surface area contributed by atoms with Gasteiger partial charge in [-0.15, -0.1) is 0 Å². The number of benzene rings is 1. The molecule has 0 saturated heterocycles. The largest absolute Gasteiger partial charge is 0.489 e. The lowest BCUT2D eigenvalue weighted by molar-refractivity contribution is 0.0919. The number of hydrogen-bond acceptors (Lipinski definition) is 3. The molecule has 1 aromatic rings. The minimum Gasteiger partial charge on any atom is -0.489 e. The lowest BCUT2D eigenvalue weighted by Crippen LogP contribution is -2.40. The van der Waals surface area contributed by atoms with Crippen LogP contribution in [-0.2, 0) is 0 Å². The molecule has 3 N–H and O–H groups in total. The fourth-order valence-corrected chi connectivity index (χ4v) is 2.04. The zero-order chi connectivity index (χ0) is 16.4. The van der Waals surface area contributed by atoms with E-state index < -0.39 is 5.54 Å². The summed E-state index contributed by atoms with van der Waals surface area (Å²) in [6, 6.07) is 6.83. The fraction of sp³-hybridized carbons (Fsp3) is 0.471. The third-order valence-corrected chi connectivity index (χ3v) is 3.54. The van der Waals surface area contributed by atoms with E-state index in [0.29, 0.717) is 23.2 Å². The van der Waals surface area contributed by atoms with E-state index in [1.165, 1.54) is 0 Å². The number of halogens is 1. The lowest BCUT2D eigenvalue weighted by Gasteiger charge is -2.20. The maximum absolute atomic E-state index is 12.9. The summed E-state index contributed by atoms with van der Waals surface area (Å²) in [5, 5.41) is 2.89. The molecule has 1 aliphatic rings. The molecule has 0 atom stereocenters. The molecule has 0 spiro atoms. The van der Waals surface area contributed by atoms with Crippen molar-refractivity contribution in [3.8, 4) is 5.75 Å². The van der Waals surface area contributed by atoms with E-state index in [0.717, 1.165) is 12.8 Å². The molecule has 0 bridgehead atoms. The van der Waals surface area contributed by atoms with E-state index in [1.54, 1.807) is 24.3 Å². The predicted molar refractivity (Wildman–Crippen MR) is 84.5 cm³/mol.